The fourth-order valence-corrected chi connectivity index (χ4v) is 5.46. The summed E-state index contributed by atoms with van der Waals surface area (Å²) < 4.78 is 6.02. The lowest BCUT2D eigenvalue weighted by atomic mass is 9.93. The van der Waals surface area contributed by atoms with Crippen molar-refractivity contribution in [2.45, 2.75) is 31.7 Å². The van der Waals surface area contributed by atoms with Crippen molar-refractivity contribution in [3.05, 3.63) is 102 Å². The molecule has 10 nitrogen and oxygen atoms in total. The van der Waals surface area contributed by atoms with Crippen LogP contribution in [0.1, 0.15) is 27.2 Å². The van der Waals surface area contributed by atoms with E-state index in [4.69, 9.17) is 4.74 Å². The molecule has 6 rings (SSSR count). The second-order valence-electron chi connectivity index (χ2n) is 10.2. The van der Waals surface area contributed by atoms with Gasteiger partial charge in [0, 0.05) is 54.2 Å². The molecule has 40 heavy (non-hydrogen) atoms. The summed E-state index contributed by atoms with van der Waals surface area (Å²) in [6, 6.07) is 19.4. The van der Waals surface area contributed by atoms with Crippen LogP contribution in [0, 0.1) is 6.92 Å². The van der Waals surface area contributed by atoms with Gasteiger partial charge in [-0.3, -0.25) is 29.8 Å². The Balaban J connectivity index is 1.14. The number of benzene rings is 2. The van der Waals surface area contributed by atoms with Gasteiger partial charge in [0.1, 0.15) is 12.4 Å². The highest BCUT2D eigenvalue weighted by Gasteiger charge is 2.57. The number of fused-ring (bicyclic) bond motifs is 1. The molecule has 4 amide bonds. The number of urea groups is 1. The van der Waals surface area contributed by atoms with Crippen molar-refractivity contribution in [2.24, 2.45) is 0 Å². The molecule has 202 valence electrons. The van der Waals surface area contributed by atoms with Gasteiger partial charge in [0.25, 0.3) is 11.8 Å². The maximum Gasteiger partial charge on any atom is 0.322 e. The van der Waals surface area contributed by atoms with Crippen molar-refractivity contribution in [1.29, 1.82) is 0 Å². The van der Waals surface area contributed by atoms with E-state index in [0.29, 0.717) is 31.0 Å². The minimum Gasteiger partial charge on any atom is -0.489 e. The van der Waals surface area contributed by atoms with Gasteiger partial charge in [-0.15, -0.1) is 0 Å². The molecule has 4 aromatic rings. The second kappa shape index (κ2) is 10.4. The van der Waals surface area contributed by atoms with Gasteiger partial charge in [-0.05, 0) is 55.0 Å². The first-order valence-electron chi connectivity index (χ1n) is 13.0. The molecule has 2 aliphatic rings. The van der Waals surface area contributed by atoms with Crippen molar-refractivity contribution >= 4 is 28.7 Å². The number of pyridine rings is 2. The molecule has 2 atom stereocenters. The van der Waals surface area contributed by atoms with Crippen LogP contribution < -0.4 is 20.7 Å². The standard InChI is InChI=1S/C30H28N6O4/c1-19-13-22(24-6-2-3-7-25(24)32-19)17-40-23-10-8-21(9-11-23)27(37)33-26-16-36(15-20-5-4-12-31-14-20)18-30(26)28(38)34-29(39)35-30/h2-14,26H,15-18H2,1H3,(H,33,37)(H2,34,35,38,39)/t26-,30+/m1/s1. The molecule has 0 aliphatic carbocycles. The van der Waals surface area contributed by atoms with E-state index in [2.05, 4.69) is 25.9 Å². The van der Waals surface area contributed by atoms with E-state index >= 15 is 0 Å². The first-order valence-corrected chi connectivity index (χ1v) is 13.0. The Morgan fingerprint density at radius 1 is 1.12 bits per heavy atom. The van der Waals surface area contributed by atoms with Crippen LogP contribution in [-0.4, -0.2) is 57.4 Å². The molecular weight excluding hydrogens is 508 g/mol. The highest BCUT2D eigenvalue weighted by Crippen LogP contribution is 2.27. The average Bonchev–Trinajstić information content (AvgIpc) is 3.44. The van der Waals surface area contributed by atoms with Crippen LogP contribution in [0.15, 0.2) is 79.1 Å². The number of nitrogens with zero attached hydrogens (tertiary/aromatic N) is 3. The fourth-order valence-electron chi connectivity index (χ4n) is 5.46. The number of carbonyl (C=O) groups excluding carboxylic acids is 3. The van der Waals surface area contributed by atoms with E-state index in [1.165, 1.54) is 0 Å². The third kappa shape index (κ3) is 4.96. The van der Waals surface area contributed by atoms with Gasteiger partial charge in [0.2, 0.25) is 0 Å². The zero-order valence-electron chi connectivity index (χ0n) is 21.9. The summed E-state index contributed by atoms with van der Waals surface area (Å²) in [4.78, 5) is 48.9. The lowest BCUT2D eigenvalue weighted by Crippen LogP contribution is -2.62. The molecule has 2 saturated heterocycles. The van der Waals surface area contributed by atoms with Gasteiger partial charge in [0.15, 0.2) is 5.54 Å². The lowest BCUT2D eigenvalue weighted by molar-refractivity contribution is -0.124. The summed E-state index contributed by atoms with van der Waals surface area (Å²) in [6.45, 7) is 3.50. The Labute approximate surface area is 230 Å². The lowest BCUT2D eigenvalue weighted by Gasteiger charge is -2.27. The number of hydrogen-bond acceptors (Lipinski definition) is 7. The van der Waals surface area contributed by atoms with Gasteiger partial charge < -0.3 is 15.4 Å². The Morgan fingerprint density at radius 2 is 1.95 bits per heavy atom. The molecule has 0 unspecified atom stereocenters. The number of amides is 4. The van der Waals surface area contributed by atoms with Crippen LogP contribution in [0.25, 0.3) is 10.9 Å². The molecule has 1 spiro atoms. The minimum absolute atomic E-state index is 0.264. The van der Waals surface area contributed by atoms with Gasteiger partial charge in [-0.1, -0.05) is 24.3 Å². The third-order valence-electron chi connectivity index (χ3n) is 7.35. The molecular formula is C30H28N6O4. The Kier molecular flexibility index (Phi) is 6.61. The monoisotopic (exact) mass is 536 g/mol. The minimum atomic E-state index is -1.25. The fraction of sp³-hybridized carbons (Fsp3) is 0.233. The van der Waals surface area contributed by atoms with Crippen LogP contribution >= 0.6 is 0 Å². The number of aryl methyl sites for hydroxylation is 1. The molecule has 0 bridgehead atoms. The Bertz CT molecular complexity index is 1590. The molecule has 0 saturated carbocycles. The van der Waals surface area contributed by atoms with Gasteiger partial charge in [0.05, 0.1) is 11.6 Å². The Hall–Kier alpha value is -4.83. The first kappa shape index (κ1) is 25.4. The zero-order chi connectivity index (χ0) is 27.7. The highest BCUT2D eigenvalue weighted by atomic mass is 16.5. The van der Waals surface area contributed by atoms with Gasteiger partial charge >= 0.3 is 6.03 Å². The van der Waals surface area contributed by atoms with Crippen molar-refractivity contribution in [3.63, 3.8) is 0 Å². The summed E-state index contributed by atoms with van der Waals surface area (Å²) in [5, 5.41) is 9.11. The normalized spacial score (nSPS) is 20.5. The molecule has 3 N–H and O–H groups in total. The van der Waals surface area contributed by atoms with Crippen LogP contribution in [0.2, 0.25) is 0 Å². The SMILES string of the molecule is Cc1cc(COc2ccc(C(=O)N[C@@H]3CN(Cc4cccnc4)C[C@]34NC(=O)NC4=O)cc2)c2ccccc2n1. The first-order chi connectivity index (χ1) is 19.4. The number of aromatic nitrogens is 2. The zero-order valence-corrected chi connectivity index (χ0v) is 21.9. The number of likely N-dealkylation sites (tertiary alicyclic amines) is 1. The molecule has 2 aliphatic heterocycles. The van der Waals surface area contributed by atoms with Crippen LogP contribution in [0.4, 0.5) is 4.79 Å². The predicted molar refractivity (Wildman–Crippen MR) is 147 cm³/mol. The van der Waals surface area contributed by atoms with Crippen LogP contribution in [0.5, 0.6) is 5.75 Å². The van der Waals surface area contributed by atoms with E-state index in [0.717, 1.165) is 27.7 Å². The van der Waals surface area contributed by atoms with E-state index in [1.807, 2.05) is 54.3 Å². The third-order valence-corrected chi connectivity index (χ3v) is 7.35. The number of ether oxygens (including phenoxy) is 1. The van der Waals surface area contributed by atoms with E-state index in [-0.39, 0.29) is 12.5 Å². The van der Waals surface area contributed by atoms with Crippen molar-refractivity contribution in [3.8, 4) is 5.75 Å². The van der Waals surface area contributed by atoms with Gasteiger partial charge in [-0.25, -0.2) is 4.79 Å². The Morgan fingerprint density at radius 3 is 2.70 bits per heavy atom. The molecule has 2 fully saturated rings. The van der Waals surface area contributed by atoms with Crippen molar-refractivity contribution in [1.82, 2.24) is 30.8 Å². The number of para-hydroxylation sites is 1. The average molecular weight is 537 g/mol. The summed E-state index contributed by atoms with van der Waals surface area (Å²) in [5.74, 6) is -0.166. The maximum absolute atomic E-state index is 13.2. The predicted octanol–water partition coefficient (Wildman–Crippen LogP) is 2.71. The highest BCUT2D eigenvalue weighted by molar-refractivity contribution is 6.08. The largest absolute Gasteiger partial charge is 0.489 e. The van der Waals surface area contributed by atoms with E-state index < -0.39 is 23.5 Å². The van der Waals surface area contributed by atoms with Crippen molar-refractivity contribution in [2.75, 3.05) is 13.1 Å². The molecule has 4 heterocycles. The molecule has 10 heteroatoms. The summed E-state index contributed by atoms with van der Waals surface area (Å²) in [7, 11) is 0. The van der Waals surface area contributed by atoms with Crippen molar-refractivity contribution < 1.29 is 19.1 Å². The number of imide groups is 1. The number of rotatable bonds is 7. The quantitative estimate of drug-likeness (QED) is 0.310. The van der Waals surface area contributed by atoms with E-state index in [9.17, 15) is 14.4 Å². The van der Waals surface area contributed by atoms with Crippen LogP contribution in [-0.2, 0) is 17.9 Å². The van der Waals surface area contributed by atoms with E-state index in [1.54, 1.807) is 36.7 Å². The summed E-state index contributed by atoms with van der Waals surface area (Å²) in [5.41, 5.74) is 3.01. The number of nitrogens with one attached hydrogen (secondary N) is 3. The second-order valence-corrected chi connectivity index (χ2v) is 10.2. The number of hydrogen-bond donors (Lipinski definition) is 3. The maximum atomic E-state index is 13.2. The molecule has 0 radical (unpaired) electrons. The smallest absolute Gasteiger partial charge is 0.322 e. The number of carbonyl (C=O) groups is 3. The molecule has 2 aromatic heterocycles. The van der Waals surface area contributed by atoms with Gasteiger partial charge in [-0.2, -0.15) is 0 Å². The summed E-state index contributed by atoms with van der Waals surface area (Å²) in [6.07, 6.45) is 3.45. The summed E-state index contributed by atoms with van der Waals surface area (Å²) >= 11 is 0. The van der Waals surface area contributed by atoms with Crippen LogP contribution in [0.3, 0.4) is 0 Å². The topological polar surface area (TPSA) is 126 Å². The molecule has 2 aromatic carbocycles.